The Balaban J connectivity index is 3.22. The highest BCUT2D eigenvalue weighted by Gasteiger charge is 2.10. The number of nitriles is 1. The quantitative estimate of drug-likeness (QED) is 0.731. The summed E-state index contributed by atoms with van der Waals surface area (Å²) < 4.78 is 13.4. The molecule has 0 aliphatic heterocycles. The Morgan fingerprint density at radius 1 is 1.56 bits per heavy atom. The maximum Gasteiger partial charge on any atom is 0.124 e. The number of benzene rings is 1. The van der Waals surface area contributed by atoms with Gasteiger partial charge in [-0.05, 0) is 24.6 Å². The van der Waals surface area contributed by atoms with Crippen LogP contribution in [0.25, 0.3) is 5.03 Å². The van der Waals surface area contributed by atoms with E-state index in [1.54, 1.807) is 6.07 Å². The smallest absolute Gasteiger partial charge is 0.124 e. The third kappa shape index (κ3) is 3.07. The molecule has 0 N–H and O–H groups in total. The lowest BCUT2D eigenvalue weighted by atomic mass is 10.1. The third-order valence-electron chi connectivity index (χ3n) is 2.07. The molecule has 0 saturated heterocycles. The first kappa shape index (κ1) is 13.2. The minimum absolute atomic E-state index is 0.339. The first-order chi connectivity index (χ1) is 7.60. The fourth-order valence-electron chi connectivity index (χ4n) is 1.29. The van der Waals surface area contributed by atoms with Crippen molar-refractivity contribution in [2.24, 2.45) is 0 Å². The highest BCUT2D eigenvalue weighted by Crippen LogP contribution is 2.31. The molecule has 0 bridgehead atoms. The number of hydrogen-bond donors (Lipinski definition) is 0. The first-order valence-electron chi connectivity index (χ1n) is 4.84. The lowest BCUT2D eigenvalue weighted by Crippen LogP contribution is -1.88. The lowest BCUT2D eigenvalue weighted by Gasteiger charge is -2.05. The minimum Gasteiger partial charge on any atom is -0.207 e. The average molecular weight is 303 g/mol. The molecule has 0 atom stereocenters. The highest BCUT2D eigenvalue weighted by molar-refractivity contribution is 9.10. The van der Waals surface area contributed by atoms with Gasteiger partial charge in [0.2, 0.25) is 0 Å². The van der Waals surface area contributed by atoms with E-state index in [0.717, 1.165) is 6.42 Å². The van der Waals surface area contributed by atoms with Gasteiger partial charge in [-0.1, -0.05) is 40.9 Å². The molecule has 0 unspecified atom stereocenters. The van der Waals surface area contributed by atoms with Crippen LogP contribution in [0.4, 0.5) is 4.39 Å². The van der Waals surface area contributed by atoms with Crippen molar-refractivity contribution in [3.05, 3.63) is 39.6 Å². The van der Waals surface area contributed by atoms with Crippen LogP contribution in [0.15, 0.2) is 28.2 Å². The summed E-state index contributed by atoms with van der Waals surface area (Å²) in [5.41, 5.74) is 1.17. The van der Waals surface area contributed by atoms with Crippen molar-refractivity contribution in [2.75, 3.05) is 0 Å². The van der Waals surface area contributed by atoms with Crippen molar-refractivity contribution in [2.45, 2.75) is 19.8 Å². The van der Waals surface area contributed by atoms with Crippen molar-refractivity contribution in [1.29, 1.82) is 5.26 Å². The molecule has 0 aromatic heterocycles. The van der Waals surface area contributed by atoms with Gasteiger partial charge in [0.15, 0.2) is 0 Å². The van der Waals surface area contributed by atoms with Gasteiger partial charge in [-0.15, -0.1) is 0 Å². The van der Waals surface area contributed by atoms with E-state index in [1.807, 2.05) is 6.92 Å². The van der Waals surface area contributed by atoms with Crippen molar-refractivity contribution in [3.8, 4) is 6.07 Å². The van der Waals surface area contributed by atoms with Crippen LogP contribution < -0.4 is 0 Å². The summed E-state index contributed by atoms with van der Waals surface area (Å²) in [6.07, 6.45) is 1.47. The number of rotatable bonds is 3. The summed E-state index contributed by atoms with van der Waals surface area (Å²) in [6, 6.07) is 6.30. The fourth-order valence-corrected chi connectivity index (χ4v) is 2.26. The zero-order valence-corrected chi connectivity index (χ0v) is 11.1. The summed E-state index contributed by atoms with van der Waals surface area (Å²) in [4.78, 5) is 0. The van der Waals surface area contributed by atoms with Crippen LogP contribution in [0.3, 0.4) is 0 Å². The van der Waals surface area contributed by atoms with E-state index in [4.69, 9.17) is 16.9 Å². The second-order valence-electron chi connectivity index (χ2n) is 3.28. The van der Waals surface area contributed by atoms with Crippen molar-refractivity contribution in [3.63, 3.8) is 0 Å². The Kier molecular flexibility index (Phi) is 4.98. The van der Waals surface area contributed by atoms with Crippen molar-refractivity contribution in [1.82, 2.24) is 0 Å². The maximum absolute atomic E-state index is 12.9. The molecular weight excluding hydrogens is 292 g/mol. The topological polar surface area (TPSA) is 23.8 Å². The molecule has 16 heavy (non-hydrogen) atoms. The van der Waals surface area contributed by atoms with Gasteiger partial charge in [-0.3, -0.25) is 0 Å². The van der Waals surface area contributed by atoms with Crippen LogP contribution in [0.5, 0.6) is 0 Å². The Bertz CT molecular complexity index is 463. The summed E-state index contributed by atoms with van der Waals surface area (Å²) in [7, 11) is 0. The van der Waals surface area contributed by atoms with Crippen LogP contribution in [0.2, 0.25) is 0 Å². The number of hydrogen-bond acceptors (Lipinski definition) is 1. The second-order valence-corrected chi connectivity index (χ2v) is 4.51. The zero-order chi connectivity index (χ0) is 12.1. The highest BCUT2D eigenvalue weighted by atomic mass is 79.9. The van der Waals surface area contributed by atoms with E-state index >= 15 is 0 Å². The van der Waals surface area contributed by atoms with Crippen LogP contribution in [-0.2, 0) is 0 Å². The summed E-state index contributed by atoms with van der Waals surface area (Å²) in [5, 5.41) is 9.34. The van der Waals surface area contributed by atoms with Gasteiger partial charge in [-0.2, -0.15) is 5.26 Å². The molecule has 0 fully saturated rings. The fraction of sp³-hybridized carbons (Fsp3) is 0.250. The van der Waals surface area contributed by atoms with Gasteiger partial charge in [0.1, 0.15) is 5.82 Å². The van der Waals surface area contributed by atoms with Gasteiger partial charge in [0, 0.05) is 15.6 Å². The van der Waals surface area contributed by atoms with Gasteiger partial charge in [0.25, 0.3) is 0 Å². The van der Waals surface area contributed by atoms with Gasteiger partial charge in [0.05, 0.1) is 11.1 Å². The molecule has 0 saturated carbocycles. The van der Waals surface area contributed by atoms with Crippen LogP contribution >= 0.6 is 27.5 Å². The molecular formula is C12H10BrClFN. The molecule has 0 spiro atoms. The monoisotopic (exact) mass is 301 g/mol. The molecule has 1 aromatic rings. The summed E-state index contributed by atoms with van der Waals surface area (Å²) in [6.45, 7) is 1.97. The van der Waals surface area contributed by atoms with Crippen molar-refractivity contribution < 1.29 is 4.39 Å². The predicted octanol–water partition coefficient (Wildman–Crippen LogP) is 4.86. The zero-order valence-electron chi connectivity index (χ0n) is 8.73. The van der Waals surface area contributed by atoms with Gasteiger partial charge >= 0.3 is 0 Å². The van der Waals surface area contributed by atoms with Crippen LogP contribution in [0.1, 0.15) is 25.3 Å². The molecule has 0 aliphatic rings. The Labute approximate surface area is 108 Å². The number of halogens is 3. The molecule has 1 aromatic carbocycles. The minimum atomic E-state index is -0.339. The Morgan fingerprint density at radius 2 is 2.25 bits per heavy atom. The largest absolute Gasteiger partial charge is 0.207 e. The average Bonchev–Trinajstić information content (AvgIpc) is 2.25. The Morgan fingerprint density at radius 3 is 2.75 bits per heavy atom. The maximum atomic E-state index is 12.9. The molecule has 0 radical (unpaired) electrons. The van der Waals surface area contributed by atoms with Crippen molar-refractivity contribution >= 4 is 32.6 Å². The van der Waals surface area contributed by atoms with E-state index in [2.05, 4.69) is 22.0 Å². The molecule has 84 valence electrons. The van der Waals surface area contributed by atoms with E-state index < -0.39 is 0 Å². The number of nitrogens with zero attached hydrogens (tertiary/aromatic N) is 1. The number of allylic oxidation sites excluding steroid dienone is 1. The molecule has 4 heteroatoms. The molecule has 0 aliphatic carbocycles. The van der Waals surface area contributed by atoms with E-state index in [-0.39, 0.29) is 5.82 Å². The van der Waals surface area contributed by atoms with Crippen LogP contribution in [0, 0.1) is 17.1 Å². The predicted molar refractivity (Wildman–Crippen MR) is 67.4 cm³/mol. The third-order valence-corrected chi connectivity index (χ3v) is 3.16. The first-order valence-corrected chi connectivity index (χ1v) is 6.01. The van der Waals surface area contributed by atoms with Gasteiger partial charge < -0.3 is 0 Å². The standard InChI is InChI=1S/C12H10BrClFN/c1-2-3-8(7-16)12(14)10-5-4-9(15)6-11(10)13/h4-6H,2-3H2,1H3. The summed E-state index contributed by atoms with van der Waals surface area (Å²) >= 11 is 9.34. The molecule has 1 rings (SSSR count). The summed E-state index contributed by atoms with van der Waals surface area (Å²) in [5.74, 6) is -0.339. The van der Waals surface area contributed by atoms with E-state index in [1.165, 1.54) is 12.1 Å². The molecule has 1 nitrogen and oxygen atoms in total. The SMILES string of the molecule is CCCC(C#N)=C(Cl)c1ccc(F)cc1Br. The lowest BCUT2D eigenvalue weighted by molar-refractivity contribution is 0.627. The Hall–Kier alpha value is -0.850. The normalized spacial score (nSPS) is 11.9. The second kappa shape index (κ2) is 6.03. The van der Waals surface area contributed by atoms with E-state index in [0.29, 0.717) is 27.1 Å². The van der Waals surface area contributed by atoms with Crippen LogP contribution in [-0.4, -0.2) is 0 Å². The molecule has 0 amide bonds. The van der Waals surface area contributed by atoms with E-state index in [9.17, 15) is 4.39 Å². The molecule has 0 heterocycles. The van der Waals surface area contributed by atoms with Gasteiger partial charge in [-0.25, -0.2) is 4.39 Å².